The summed E-state index contributed by atoms with van der Waals surface area (Å²) in [6.45, 7) is 6.10. The van der Waals surface area contributed by atoms with E-state index >= 15 is 0 Å². The number of carbonyl (C=O) groups is 1. The first-order chi connectivity index (χ1) is 10.8. The van der Waals surface area contributed by atoms with E-state index < -0.39 is 11.0 Å². The molecule has 0 aromatic heterocycles. The third kappa shape index (κ3) is 3.03. The normalized spacial score (nSPS) is 29.7. The van der Waals surface area contributed by atoms with Crippen LogP contribution in [0.3, 0.4) is 0 Å². The van der Waals surface area contributed by atoms with Crippen molar-refractivity contribution < 1.29 is 14.6 Å². The summed E-state index contributed by atoms with van der Waals surface area (Å²) in [6.07, 6.45) is 5.25. The second-order valence-corrected chi connectivity index (χ2v) is 8.01. The van der Waals surface area contributed by atoms with E-state index in [1.54, 1.807) is 0 Å². The molecule has 3 nitrogen and oxygen atoms in total. The van der Waals surface area contributed by atoms with Gasteiger partial charge in [0, 0.05) is 0 Å². The van der Waals surface area contributed by atoms with Crippen molar-refractivity contribution in [1.29, 1.82) is 0 Å². The summed E-state index contributed by atoms with van der Waals surface area (Å²) in [5.41, 5.74) is 0.926. The molecule has 3 rings (SSSR count). The number of benzene rings is 1. The van der Waals surface area contributed by atoms with Gasteiger partial charge in [0.05, 0.1) is 11.0 Å². The number of rotatable bonds is 5. The van der Waals surface area contributed by atoms with Gasteiger partial charge in [-0.25, -0.2) is 0 Å². The molecule has 23 heavy (non-hydrogen) atoms. The Balaban J connectivity index is 1.63. The van der Waals surface area contributed by atoms with Crippen molar-refractivity contribution in [2.24, 2.45) is 17.3 Å². The van der Waals surface area contributed by atoms with Gasteiger partial charge in [-0.05, 0) is 68.9 Å². The fourth-order valence-electron chi connectivity index (χ4n) is 4.03. The molecule has 126 valence electrons. The maximum absolute atomic E-state index is 12.0. The van der Waals surface area contributed by atoms with Gasteiger partial charge in [-0.3, -0.25) is 4.79 Å². The van der Waals surface area contributed by atoms with Gasteiger partial charge in [0.25, 0.3) is 0 Å². The van der Waals surface area contributed by atoms with Crippen LogP contribution < -0.4 is 0 Å². The molecule has 1 aromatic carbocycles. The quantitative estimate of drug-likeness (QED) is 0.829. The first-order valence-corrected chi connectivity index (χ1v) is 8.84. The van der Waals surface area contributed by atoms with Crippen molar-refractivity contribution in [3.63, 3.8) is 0 Å². The van der Waals surface area contributed by atoms with Crippen LogP contribution in [-0.2, 0) is 21.7 Å². The zero-order valence-corrected chi connectivity index (χ0v) is 14.5. The smallest absolute Gasteiger partial charge is 0.311 e. The van der Waals surface area contributed by atoms with E-state index in [4.69, 9.17) is 4.74 Å². The lowest BCUT2D eigenvalue weighted by molar-refractivity contribution is -0.155. The average Bonchev–Trinajstić information content (AvgIpc) is 3.13. The molecule has 3 unspecified atom stereocenters. The van der Waals surface area contributed by atoms with Crippen LogP contribution in [0.1, 0.15) is 64.0 Å². The third-order valence-corrected chi connectivity index (χ3v) is 6.08. The largest absolute Gasteiger partial charge is 0.460 e. The summed E-state index contributed by atoms with van der Waals surface area (Å²) in [5.74, 6) is 0.958. The summed E-state index contributed by atoms with van der Waals surface area (Å²) in [6, 6.07) is 7.97. The van der Waals surface area contributed by atoms with Crippen molar-refractivity contribution in [2.45, 2.75) is 65.1 Å². The third-order valence-electron chi connectivity index (χ3n) is 6.08. The van der Waals surface area contributed by atoms with E-state index in [1.165, 1.54) is 12.8 Å². The zero-order chi connectivity index (χ0) is 16.7. The molecule has 2 aliphatic rings. The van der Waals surface area contributed by atoms with Gasteiger partial charge in [-0.2, -0.15) is 0 Å². The van der Waals surface area contributed by atoms with Gasteiger partial charge in [-0.15, -0.1) is 0 Å². The monoisotopic (exact) mass is 316 g/mol. The van der Waals surface area contributed by atoms with Crippen LogP contribution in [0.25, 0.3) is 0 Å². The van der Waals surface area contributed by atoms with Crippen molar-refractivity contribution in [2.75, 3.05) is 0 Å². The molecule has 0 saturated heterocycles. The van der Waals surface area contributed by atoms with Gasteiger partial charge in [0.2, 0.25) is 0 Å². The number of hydrogen-bond donors (Lipinski definition) is 1. The van der Waals surface area contributed by atoms with Crippen LogP contribution in [0.2, 0.25) is 0 Å². The van der Waals surface area contributed by atoms with Crippen molar-refractivity contribution in [1.82, 2.24) is 0 Å². The molecule has 0 radical (unpaired) electrons. The molecule has 2 fully saturated rings. The van der Waals surface area contributed by atoms with Crippen molar-refractivity contribution in [3.05, 3.63) is 35.4 Å². The second kappa shape index (κ2) is 5.94. The predicted molar refractivity (Wildman–Crippen MR) is 89.7 cm³/mol. The van der Waals surface area contributed by atoms with E-state index in [0.29, 0.717) is 18.4 Å². The van der Waals surface area contributed by atoms with E-state index in [1.807, 2.05) is 45.0 Å². The molecule has 1 N–H and O–H groups in total. The standard InChI is InChI=1S/C20H28O3/c1-4-19(2,3)18(21)23-13-14-5-8-16(9-6-14)20(22)12-15-7-10-17(20)11-15/h5-6,8-9,15,17,22H,4,7,10-13H2,1-3H3. The number of aliphatic hydroxyl groups is 1. The van der Waals surface area contributed by atoms with Crippen LogP contribution in [0.15, 0.2) is 24.3 Å². The van der Waals surface area contributed by atoms with Gasteiger partial charge < -0.3 is 9.84 Å². The fraction of sp³-hybridized carbons (Fsp3) is 0.650. The summed E-state index contributed by atoms with van der Waals surface area (Å²) >= 11 is 0. The second-order valence-electron chi connectivity index (χ2n) is 8.01. The van der Waals surface area contributed by atoms with Gasteiger partial charge in [0.1, 0.15) is 6.61 Å². The SMILES string of the molecule is CCC(C)(C)C(=O)OCc1ccc(C2(O)CC3CCC2C3)cc1. The maximum atomic E-state index is 12.0. The first kappa shape index (κ1) is 16.5. The van der Waals surface area contributed by atoms with Gasteiger partial charge >= 0.3 is 5.97 Å². The van der Waals surface area contributed by atoms with Crippen molar-refractivity contribution >= 4 is 5.97 Å². The minimum atomic E-state index is -0.637. The van der Waals surface area contributed by atoms with Crippen LogP contribution in [-0.4, -0.2) is 11.1 Å². The highest BCUT2D eigenvalue weighted by atomic mass is 16.5. The topological polar surface area (TPSA) is 46.5 Å². The highest BCUT2D eigenvalue weighted by molar-refractivity contribution is 5.75. The number of ether oxygens (including phenoxy) is 1. The number of fused-ring (bicyclic) bond motifs is 2. The van der Waals surface area contributed by atoms with Gasteiger partial charge in [0.15, 0.2) is 0 Å². The van der Waals surface area contributed by atoms with Crippen molar-refractivity contribution in [3.8, 4) is 0 Å². The lowest BCUT2D eigenvalue weighted by atomic mass is 9.79. The molecule has 3 heteroatoms. The molecule has 2 aliphatic carbocycles. The van der Waals surface area contributed by atoms with Crippen LogP contribution in [0, 0.1) is 17.3 Å². The lowest BCUT2D eigenvalue weighted by Crippen LogP contribution is -2.32. The molecule has 0 heterocycles. The fourth-order valence-corrected chi connectivity index (χ4v) is 4.03. The van der Waals surface area contributed by atoms with E-state index in [9.17, 15) is 9.90 Å². The Morgan fingerprint density at radius 2 is 2.00 bits per heavy atom. The number of esters is 1. The molecule has 2 saturated carbocycles. The molecule has 1 aromatic rings. The number of carbonyl (C=O) groups excluding carboxylic acids is 1. The zero-order valence-electron chi connectivity index (χ0n) is 14.5. The maximum Gasteiger partial charge on any atom is 0.311 e. The minimum Gasteiger partial charge on any atom is -0.460 e. The Hall–Kier alpha value is -1.35. The minimum absolute atomic E-state index is 0.157. The van der Waals surface area contributed by atoms with E-state index in [0.717, 1.165) is 30.4 Å². The molecule has 0 spiro atoms. The van der Waals surface area contributed by atoms with Crippen LogP contribution >= 0.6 is 0 Å². The summed E-state index contributed by atoms with van der Waals surface area (Å²) in [7, 11) is 0. The summed E-state index contributed by atoms with van der Waals surface area (Å²) < 4.78 is 5.42. The molecule has 2 bridgehead atoms. The highest BCUT2D eigenvalue weighted by Gasteiger charge is 2.50. The highest BCUT2D eigenvalue weighted by Crippen LogP contribution is 2.55. The Labute approximate surface area is 139 Å². The lowest BCUT2D eigenvalue weighted by Gasteiger charge is -2.33. The van der Waals surface area contributed by atoms with Gasteiger partial charge in [-0.1, -0.05) is 31.2 Å². The van der Waals surface area contributed by atoms with Crippen LogP contribution in [0.5, 0.6) is 0 Å². The Bertz CT molecular complexity index is 575. The molecule has 0 aliphatic heterocycles. The number of hydrogen-bond acceptors (Lipinski definition) is 3. The molecular formula is C20H28O3. The molecule has 0 amide bonds. The summed E-state index contributed by atoms with van der Waals surface area (Å²) in [5, 5.41) is 11.0. The summed E-state index contributed by atoms with van der Waals surface area (Å²) in [4.78, 5) is 12.0. The average molecular weight is 316 g/mol. The Morgan fingerprint density at radius 3 is 2.52 bits per heavy atom. The van der Waals surface area contributed by atoms with Crippen LogP contribution in [0.4, 0.5) is 0 Å². The van der Waals surface area contributed by atoms with E-state index in [2.05, 4.69) is 0 Å². The molecule has 3 atom stereocenters. The molecular weight excluding hydrogens is 288 g/mol. The van der Waals surface area contributed by atoms with E-state index in [-0.39, 0.29) is 5.97 Å². The Kier molecular flexibility index (Phi) is 4.26. The Morgan fingerprint density at radius 1 is 1.30 bits per heavy atom. The predicted octanol–water partition coefficient (Wildman–Crippen LogP) is 4.17. The first-order valence-electron chi connectivity index (χ1n) is 8.84.